The lowest BCUT2D eigenvalue weighted by atomic mass is 10.1. The van der Waals surface area contributed by atoms with E-state index >= 15 is 0 Å². The molecule has 3 N–H and O–H groups in total. The molecule has 158 valence electrons. The van der Waals surface area contributed by atoms with Crippen molar-refractivity contribution < 1.29 is 4.79 Å². The topological polar surface area (TPSA) is 120 Å². The zero-order chi connectivity index (χ0) is 21.3. The third-order valence-corrected chi connectivity index (χ3v) is 5.22. The van der Waals surface area contributed by atoms with Crippen LogP contribution < -0.4 is 27.2 Å². The Kier molecular flexibility index (Phi) is 5.92. The quantitative estimate of drug-likeness (QED) is 0.652. The van der Waals surface area contributed by atoms with Crippen molar-refractivity contribution in [1.29, 1.82) is 0 Å². The van der Waals surface area contributed by atoms with E-state index in [1.54, 1.807) is 7.05 Å². The number of rotatable bonds is 5. The Bertz CT molecular complexity index is 1070. The Balaban J connectivity index is 2.28. The number of likely N-dealkylation sites (N-methyl/N-ethyl adjacent to an activating group) is 1. The van der Waals surface area contributed by atoms with Gasteiger partial charge in [-0.1, -0.05) is 11.6 Å². The van der Waals surface area contributed by atoms with Crippen LogP contribution in [0.1, 0.15) is 26.7 Å². The first-order chi connectivity index (χ1) is 13.7. The number of aryl methyl sites for hydroxylation is 1. The predicted octanol–water partition coefficient (Wildman–Crippen LogP) is -0.464. The number of anilines is 1. The number of nitrogens with two attached hydrogens (primary N) is 1. The van der Waals surface area contributed by atoms with Crippen LogP contribution in [0.5, 0.6) is 0 Å². The summed E-state index contributed by atoms with van der Waals surface area (Å²) in [4.78, 5) is 44.5. The molecule has 1 aliphatic heterocycles. The maximum atomic E-state index is 13.2. The van der Waals surface area contributed by atoms with Gasteiger partial charge >= 0.3 is 5.69 Å². The van der Waals surface area contributed by atoms with Crippen LogP contribution in [-0.4, -0.2) is 50.8 Å². The Morgan fingerprint density at radius 3 is 2.66 bits per heavy atom. The SMILES string of the molecule is CNC(=O)Cn1c(=O)c2c(nc(N3CCCC(N)C3)n2CC=C(C)C)n(C)c1=O. The summed E-state index contributed by atoms with van der Waals surface area (Å²) in [5, 5.41) is 2.45. The highest BCUT2D eigenvalue weighted by atomic mass is 16.2. The highest BCUT2D eigenvalue weighted by Gasteiger charge is 2.26. The van der Waals surface area contributed by atoms with Crippen molar-refractivity contribution in [2.45, 2.75) is 45.8 Å². The van der Waals surface area contributed by atoms with E-state index in [9.17, 15) is 14.4 Å². The van der Waals surface area contributed by atoms with Crippen molar-refractivity contribution in [3.63, 3.8) is 0 Å². The summed E-state index contributed by atoms with van der Waals surface area (Å²) in [5.74, 6) is 0.207. The van der Waals surface area contributed by atoms with Crippen LogP contribution in [0.15, 0.2) is 21.2 Å². The van der Waals surface area contributed by atoms with E-state index in [1.807, 2.05) is 24.5 Å². The number of allylic oxidation sites excluding steroid dienone is 2. The average Bonchev–Trinajstić information content (AvgIpc) is 3.07. The molecule has 3 heterocycles. The van der Waals surface area contributed by atoms with Gasteiger partial charge in [0.15, 0.2) is 11.2 Å². The molecule has 10 heteroatoms. The van der Waals surface area contributed by atoms with Gasteiger partial charge in [-0.15, -0.1) is 0 Å². The van der Waals surface area contributed by atoms with Crippen LogP contribution >= 0.6 is 0 Å². The number of imidazole rings is 1. The van der Waals surface area contributed by atoms with Crippen LogP contribution in [0.3, 0.4) is 0 Å². The number of amides is 1. The molecule has 1 aliphatic rings. The summed E-state index contributed by atoms with van der Waals surface area (Å²) in [6.07, 6.45) is 3.89. The first-order valence-corrected chi connectivity index (χ1v) is 9.79. The van der Waals surface area contributed by atoms with Crippen LogP contribution in [0.4, 0.5) is 5.95 Å². The number of fused-ring (bicyclic) bond motifs is 1. The van der Waals surface area contributed by atoms with Gasteiger partial charge in [-0.3, -0.25) is 14.2 Å². The molecule has 1 amide bonds. The van der Waals surface area contributed by atoms with Gasteiger partial charge in [0, 0.05) is 39.8 Å². The monoisotopic (exact) mass is 403 g/mol. The van der Waals surface area contributed by atoms with E-state index in [4.69, 9.17) is 5.73 Å². The lowest BCUT2D eigenvalue weighted by Crippen LogP contribution is -2.44. The molecule has 2 aromatic heterocycles. The molecular weight excluding hydrogens is 374 g/mol. The molecule has 0 aliphatic carbocycles. The lowest BCUT2D eigenvalue weighted by Gasteiger charge is -2.31. The van der Waals surface area contributed by atoms with Gasteiger partial charge in [-0.2, -0.15) is 4.98 Å². The lowest BCUT2D eigenvalue weighted by molar-refractivity contribution is -0.121. The molecule has 1 atom stereocenters. The zero-order valence-corrected chi connectivity index (χ0v) is 17.4. The van der Waals surface area contributed by atoms with Crippen LogP contribution in [0, 0.1) is 0 Å². The third kappa shape index (κ3) is 3.98. The van der Waals surface area contributed by atoms with Gasteiger partial charge in [-0.05, 0) is 26.7 Å². The number of nitrogens with one attached hydrogen (secondary N) is 1. The molecule has 3 rings (SSSR count). The van der Waals surface area contributed by atoms with E-state index in [-0.39, 0.29) is 12.6 Å². The molecule has 1 unspecified atom stereocenters. The standard InChI is InChI=1S/C19H29N7O3/c1-12(2)7-9-25-15-16(22-18(25)24-8-5-6-13(20)10-24)23(4)19(29)26(17(15)28)11-14(27)21-3/h7,13H,5-6,8-11,20H2,1-4H3,(H,21,27). The summed E-state index contributed by atoms with van der Waals surface area (Å²) in [6.45, 7) is 5.48. The van der Waals surface area contributed by atoms with Crippen LogP contribution in [0.2, 0.25) is 0 Å². The molecule has 0 aromatic carbocycles. The maximum absolute atomic E-state index is 13.2. The number of carbonyl (C=O) groups excluding carboxylic acids is 1. The molecule has 1 fully saturated rings. The molecular formula is C19H29N7O3. The van der Waals surface area contributed by atoms with Crippen molar-refractivity contribution in [3.8, 4) is 0 Å². The predicted molar refractivity (Wildman–Crippen MR) is 112 cm³/mol. The van der Waals surface area contributed by atoms with Gasteiger partial charge in [-0.25, -0.2) is 9.36 Å². The average molecular weight is 403 g/mol. The number of hydrogen-bond acceptors (Lipinski definition) is 6. The van der Waals surface area contributed by atoms with Crippen LogP contribution in [0.25, 0.3) is 11.2 Å². The molecule has 0 bridgehead atoms. The molecule has 0 saturated carbocycles. The van der Waals surface area contributed by atoms with Gasteiger partial charge in [0.25, 0.3) is 5.56 Å². The summed E-state index contributed by atoms with van der Waals surface area (Å²) >= 11 is 0. The Labute approximate surface area is 168 Å². The molecule has 0 spiro atoms. The number of hydrogen-bond donors (Lipinski definition) is 2. The number of aromatic nitrogens is 4. The summed E-state index contributed by atoms with van der Waals surface area (Å²) in [6, 6.07) is 0.0363. The van der Waals surface area contributed by atoms with Gasteiger partial charge in [0.1, 0.15) is 6.54 Å². The molecule has 10 nitrogen and oxygen atoms in total. The van der Waals surface area contributed by atoms with Gasteiger partial charge in [0.2, 0.25) is 11.9 Å². The van der Waals surface area contributed by atoms with E-state index in [1.165, 1.54) is 11.6 Å². The highest BCUT2D eigenvalue weighted by molar-refractivity contribution is 5.77. The molecule has 1 saturated heterocycles. The smallest absolute Gasteiger partial charge is 0.332 e. The van der Waals surface area contributed by atoms with Gasteiger partial charge < -0.3 is 20.5 Å². The Morgan fingerprint density at radius 2 is 2.03 bits per heavy atom. The van der Waals surface area contributed by atoms with Gasteiger partial charge in [0.05, 0.1) is 0 Å². The zero-order valence-electron chi connectivity index (χ0n) is 17.4. The second-order valence-corrected chi connectivity index (χ2v) is 7.73. The summed E-state index contributed by atoms with van der Waals surface area (Å²) in [5.41, 5.74) is 6.78. The fraction of sp³-hybridized carbons (Fsp3) is 0.579. The minimum atomic E-state index is -0.570. The third-order valence-electron chi connectivity index (χ3n) is 5.22. The fourth-order valence-corrected chi connectivity index (χ4v) is 3.60. The van der Waals surface area contributed by atoms with E-state index in [0.717, 1.165) is 29.5 Å². The van der Waals surface area contributed by atoms with Crippen molar-refractivity contribution in [2.75, 3.05) is 25.0 Å². The minimum absolute atomic E-state index is 0.0363. The van der Waals surface area contributed by atoms with Crippen molar-refractivity contribution in [2.24, 2.45) is 12.8 Å². The Hall–Kier alpha value is -2.88. The summed E-state index contributed by atoms with van der Waals surface area (Å²) < 4.78 is 4.10. The Morgan fingerprint density at radius 1 is 1.31 bits per heavy atom. The molecule has 29 heavy (non-hydrogen) atoms. The van der Waals surface area contributed by atoms with Crippen molar-refractivity contribution in [1.82, 2.24) is 24.0 Å². The highest BCUT2D eigenvalue weighted by Crippen LogP contribution is 2.23. The second kappa shape index (κ2) is 8.24. The largest absolute Gasteiger partial charge is 0.358 e. The first-order valence-electron chi connectivity index (χ1n) is 9.79. The maximum Gasteiger partial charge on any atom is 0.332 e. The number of nitrogens with zero attached hydrogens (tertiary/aromatic N) is 5. The van der Waals surface area contributed by atoms with Crippen molar-refractivity contribution >= 4 is 23.0 Å². The molecule has 2 aromatic rings. The normalized spacial score (nSPS) is 16.9. The second-order valence-electron chi connectivity index (χ2n) is 7.73. The molecule has 0 radical (unpaired) electrons. The number of carbonyl (C=O) groups is 1. The summed E-state index contributed by atoms with van der Waals surface area (Å²) in [7, 11) is 3.03. The van der Waals surface area contributed by atoms with E-state index in [2.05, 4.69) is 15.2 Å². The first kappa shape index (κ1) is 20.8. The fourth-order valence-electron chi connectivity index (χ4n) is 3.60. The minimum Gasteiger partial charge on any atom is -0.358 e. The number of piperidine rings is 1. The van der Waals surface area contributed by atoms with E-state index < -0.39 is 17.2 Å². The van der Waals surface area contributed by atoms with Crippen LogP contribution in [-0.2, 0) is 24.9 Å². The van der Waals surface area contributed by atoms with Crippen molar-refractivity contribution in [3.05, 3.63) is 32.5 Å². The van der Waals surface area contributed by atoms with E-state index in [0.29, 0.717) is 30.2 Å².